The number of nitrogens with one attached hydrogen (secondary N) is 1. The molecule has 1 heterocycles. The van der Waals surface area contributed by atoms with Crippen LogP contribution in [0.2, 0.25) is 0 Å². The molecular formula is C17H27N3. The highest BCUT2D eigenvalue weighted by molar-refractivity contribution is 5.53. The van der Waals surface area contributed by atoms with Gasteiger partial charge in [0, 0.05) is 38.4 Å². The Hall–Kier alpha value is -1.06. The van der Waals surface area contributed by atoms with Crippen molar-refractivity contribution in [2.45, 2.75) is 38.3 Å². The third kappa shape index (κ3) is 3.74. The summed E-state index contributed by atoms with van der Waals surface area (Å²) in [6.07, 6.45) is 5.47. The molecule has 0 spiro atoms. The molecule has 1 saturated carbocycles. The van der Waals surface area contributed by atoms with Gasteiger partial charge in [0.1, 0.15) is 0 Å². The van der Waals surface area contributed by atoms with Crippen LogP contribution >= 0.6 is 0 Å². The predicted octanol–water partition coefficient (Wildman–Crippen LogP) is 2.47. The summed E-state index contributed by atoms with van der Waals surface area (Å²) in [6, 6.07) is 9.60. The number of hydrogen-bond donors (Lipinski definition) is 1. The summed E-state index contributed by atoms with van der Waals surface area (Å²) in [7, 11) is 2.23. The first-order valence-electron chi connectivity index (χ1n) is 8.08. The third-order valence-corrected chi connectivity index (χ3v) is 4.51. The van der Waals surface area contributed by atoms with Gasteiger partial charge in [-0.3, -0.25) is 0 Å². The van der Waals surface area contributed by atoms with Gasteiger partial charge in [0.2, 0.25) is 0 Å². The Balaban J connectivity index is 1.55. The summed E-state index contributed by atoms with van der Waals surface area (Å²) in [6.45, 7) is 5.91. The average Bonchev–Trinajstić information content (AvgIpc) is 3.17. The van der Waals surface area contributed by atoms with Crippen molar-refractivity contribution in [1.82, 2.24) is 10.2 Å². The minimum absolute atomic E-state index is 0.776. The standard InChI is InChI=1S/C17H27N3/c1-19(12-13-20-10-4-5-11-20)17-7-3-2-6-15(17)14-18-16-8-9-16/h2-3,6-7,16,18H,4-5,8-14H2,1H3. The topological polar surface area (TPSA) is 18.5 Å². The summed E-state index contributed by atoms with van der Waals surface area (Å²) >= 11 is 0. The SMILES string of the molecule is CN(CCN1CCCC1)c1ccccc1CNC1CC1. The maximum absolute atomic E-state index is 3.63. The van der Waals surface area contributed by atoms with Crippen LogP contribution < -0.4 is 10.2 Å². The first kappa shape index (κ1) is 13.9. The van der Waals surface area contributed by atoms with Crippen molar-refractivity contribution < 1.29 is 0 Å². The van der Waals surface area contributed by atoms with E-state index in [0.717, 1.165) is 19.1 Å². The Labute approximate surface area is 123 Å². The molecule has 1 aliphatic heterocycles. The molecule has 0 unspecified atom stereocenters. The zero-order chi connectivity index (χ0) is 13.8. The van der Waals surface area contributed by atoms with E-state index in [2.05, 4.69) is 46.4 Å². The van der Waals surface area contributed by atoms with Crippen molar-refractivity contribution in [2.24, 2.45) is 0 Å². The fraction of sp³-hybridized carbons (Fsp3) is 0.647. The molecule has 3 heteroatoms. The lowest BCUT2D eigenvalue weighted by molar-refractivity contribution is 0.346. The van der Waals surface area contributed by atoms with Crippen molar-refractivity contribution in [3.63, 3.8) is 0 Å². The minimum atomic E-state index is 0.776. The second-order valence-electron chi connectivity index (χ2n) is 6.25. The highest BCUT2D eigenvalue weighted by atomic mass is 15.2. The minimum Gasteiger partial charge on any atom is -0.373 e. The van der Waals surface area contributed by atoms with E-state index in [1.165, 1.54) is 56.6 Å². The molecule has 2 fully saturated rings. The van der Waals surface area contributed by atoms with Crippen LogP contribution in [0.4, 0.5) is 5.69 Å². The number of likely N-dealkylation sites (N-methyl/N-ethyl adjacent to an activating group) is 1. The second kappa shape index (κ2) is 6.59. The molecule has 0 aromatic heterocycles. The van der Waals surface area contributed by atoms with Crippen LogP contribution in [0.3, 0.4) is 0 Å². The van der Waals surface area contributed by atoms with Gasteiger partial charge in [0.25, 0.3) is 0 Å². The van der Waals surface area contributed by atoms with E-state index in [0.29, 0.717) is 0 Å². The molecule has 1 N–H and O–H groups in total. The molecule has 3 nitrogen and oxygen atoms in total. The van der Waals surface area contributed by atoms with Crippen molar-refractivity contribution in [1.29, 1.82) is 0 Å². The first-order chi connectivity index (χ1) is 9.83. The monoisotopic (exact) mass is 273 g/mol. The second-order valence-corrected chi connectivity index (χ2v) is 6.25. The highest BCUT2D eigenvalue weighted by Gasteiger charge is 2.20. The van der Waals surface area contributed by atoms with Gasteiger partial charge in [0.05, 0.1) is 0 Å². The number of anilines is 1. The molecule has 1 saturated heterocycles. The molecule has 20 heavy (non-hydrogen) atoms. The summed E-state index contributed by atoms with van der Waals surface area (Å²) in [5.74, 6) is 0. The molecule has 1 aromatic rings. The molecule has 110 valence electrons. The van der Waals surface area contributed by atoms with Gasteiger partial charge in [-0.2, -0.15) is 0 Å². The van der Waals surface area contributed by atoms with Gasteiger partial charge >= 0.3 is 0 Å². The van der Waals surface area contributed by atoms with Crippen molar-refractivity contribution in [3.8, 4) is 0 Å². The van der Waals surface area contributed by atoms with Gasteiger partial charge in [-0.05, 0) is 50.4 Å². The maximum Gasteiger partial charge on any atom is 0.0409 e. The number of nitrogens with zero attached hydrogens (tertiary/aromatic N) is 2. The summed E-state index contributed by atoms with van der Waals surface area (Å²) in [4.78, 5) is 5.00. The number of benzene rings is 1. The van der Waals surface area contributed by atoms with Gasteiger partial charge in [-0.1, -0.05) is 18.2 Å². The van der Waals surface area contributed by atoms with Gasteiger partial charge < -0.3 is 15.1 Å². The normalized spacial score (nSPS) is 19.4. The zero-order valence-corrected chi connectivity index (χ0v) is 12.6. The average molecular weight is 273 g/mol. The lowest BCUT2D eigenvalue weighted by Gasteiger charge is -2.25. The fourth-order valence-corrected chi connectivity index (χ4v) is 2.99. The van der Waals surface area contributed by atoms with Crippen LogP contribution in [-0.4, -0.2) is 44.2 Å². The lowest BCUT2D eigenvalue weighted by atomic mass is 10.1. The molecule has 0 radical (unpaired) electrons. The van der Waals surface area contributed by atoms with Crippen LogP contribution in [-0.2, 0) is 6.54 Å². The maximum atomic E-state index is 3.63. The highest BCUT2D eigenvalue weighted by Crippen LogP contribution is 2.23. The molecule has 3 rings (SSSR count). The van der Waals surface area contributed by atoms with Crippen molar-refractivity contribution >= 4 is 5.69 Å². The van der Waals surface area contributed by atoms with E-state index in [-0.39, 0.29) is 0 Å². The summed E-state index contributed by atoms with van der Waals surface area (Å²) in [5.41, 5.74) is 2.82. The third-order valence-electron chi connectivity index (χ3n) is 4.51. The van der Waals surface area contributed by atoms with E-state index in [4.69, 9.17) is 0 Å². The van der Waals surface area contributed by atoms with Crippen molar-refractivity contribution in [3.05, 3.63) is 29.8 Å². The van der Waals surface area contributed by atoms with Crippen LogP contribution in [0.5, 0.6) is 0 Å². The Morgan fingerprint density at radius 3 is 2.70 bits per heavy atom. The summed E-state index contributed by atoms with van der Waals surface area (Å²) < 4.78 is 0. The summed E-state index contributed by atoms with van der Waals surface area (Å²) in [5, 5.41) is 3.63. The van der Waals surface area contributed by atoms with Gasteiger partial charge in [-0.15, -0.1) is 0 Å². The molecular weight excluding hydrogens is 246 g/mol. The number of para-hydroxylation sites is 1. The molecule has 0 bridgehead atoms. The van der Waals surface area contributed by atoms with E-state index in [1.54, 1.807) is 0 Å². The number of likely N-dealkylation sites (tertiary alicyclic amines) is 1. The van der Waals surface area contributed by atoms with E-state index < -0.39 is 0 Å². The van der Waals surface area contributed by atoms with Crippen molar-refractivity contribution in [2.75, 3.05) is 38.1 Å². The molecule has 0 amide bonds. The van der Waals surface area contributed by atoms with Crippen LogP contribution in [0.1, 0.15) is 31.2 Å². The Kier molecular flexibility index (Phi) is 4.58. The Morgan fingerprint density at radius 2 is 1.95 bits per heavy atom. The van der Waals surface area contributed by atoms with Gasteiger partial charge in [-0.25, -0.2) is 0 Å². The van der Waals surface area contributed by atoms with Gasteiger partial charge in [0.15, 0.2) is 0 Å². The molecule has 2 aliphatic rings. The van der Waals surface area contributed by atoms with E-state index >= 15 is 0 Å². The lowest BCUT2D eigenvalue weighted by Crippen LogP contribution is -2.32. The largest absolute Gasteiger partial charge is 0.373 e. The Morgan fingerprint density at radius 1 is 1.20 bits per heavy atom. The smallest absolute Gasteiger partial charge is 0.0409 e. The molecule has 1 aromatic carbocycles. The fourth-order valence-electron chi connectivity index (χ4n) is 2.99. The van der Waals surface area contributed by atoms with Crippen LogP contribution in [0, 0.1) is 0 Å². The van der Waals surface area contributed by atoms with E-state index in [1.807, 2.05) is 0 Å². The quantitative estimate of drug-likeness (QED) is 0.823. The predicted molar refractivity (Wildman–Crippen MR) is 85.2 cm³/mol. The number of rotatable bonds is 7. The first-order valence-corrected chi connectivity index (χ1v) is 8.08. The Bertz CT molecular complexity index is 422. The van der Waals surface area contributed by atoms with Crippen LogP contribution in [0.15, 0.2) is 24.3 Å². The molecule has 1 aliphatic carbocycles. The van der Waals surface area contributed by atoms with E-state index in [9.17, 15) is 0 Å². The van der Waals surface area contributed by atoms with Crippen LogP contribution in [0.25, 0.3) is 0 Å². The molecule has 0 atom stereocenters. The number of hydrogen-bond acceptors (Lipinski definition) is 3. The zero-order valence-electron chi connectivity index (χ0n) is 12.6.